The Bertz CT molecular complexity index is 2690. The lowest BCUT2D eigenvalue weighted by Crippen LogP contribution is -2.15. The first-order valence-corrected chi connectivity index (χ1v) is 17.7. The number of pyridine rings is 1. The number of benzene rings is 6. The largest absolute Gasteiger partial charge is 0.449 e. The normalized spacial score (nSPS) is 13.2. The summed E-state index contributed by atoms with van der Waals surface area (Å²) in [4.78, 5) is 19.4. The van der Waals surface area contributed by atoms with Crippen LogP contribution in [0, 0.1) is 0 Å². The third kappa shape index (κ3) is 5.26. The Morgan fingerprint density at radius 3 is 1.87 bits per heavy atom. The quantitative estimate of drug-likeness (QED) is 0.180. The standard InChI is InChI=1S/C47H32N4O2/c1-47(2)36-16-7-6-15-35(36)42-37(47)23-25-40-43(42)53-41-28-32(22-24-39(41)52-40)29-18-20-31(21-19-29)45-49-44(30-11-4-3-5-12-30)50-46(51-45)34-14-10-13-33(27-34)38-17-8-9-26-48-38/h3-28H,1-2H3. The third-order valence-corrected chi connectivity index (χ3v) is 10.3. The zero-order chi connectivity index (χ0) is 35.5. The van der Waals surface area contributed by atoms with Gasteiger partial charge in [-0.15, -0.1) is 0 Å². The van der Waals surface area contributed by atoms with Gasteiger partial charge in [0.2, 0.25) is 0 Å². The first-order chi connectivity index (χ1) is 26.0. The molecular weight excluding hydrogens is 653 g/mol. The number of ether oxygens (including phenoxy) is 2. The molecule has 6 aromatic carbocycles. The van der Waals surface area contributed by atoms with Crippen LogP contribution in [0.5, 0.6) is 23.0 Å². The van der Waals surface area contributed by atoms with Crippen LogP contribution < -0.4 is 9.47 Å². The maximum atomic E-state index is 6.72. The molecule has 0 spiro atoms. The van der Waals surface area contributed by atoms with Crippen LogP contribution in [-0.2, 0) is 5.41 Å². The molecule has 0 radical (unpaired) electrons. The molecule has 10 rings (SSSR count). The minimum absolute atomic E-state index is 0.126. The minimum atomic E-state index is -0.126. The van der Waals surface area contributed by atoms with Gasteiger partial charge in [-0.05, 0) is 64.2 Å². The van der Waals surface area contributed by atoms with Crippen LogP contribution in [0.25, 0.3) is 67.7 Å². The minimum Gasteiger partial charge on any atom is -0.449 e. The van der Waals surface area contributed by atoms with Crippen molar-refractivity contribution in [3.05, 3.63) is 169 Å². The van der Waals surface area contributed by atoms with E-state index in [9.17, 15) is 0 Å². The summed E-state index contributed by atoms with van der Waals surface area (Å²) in [6, 6.07) is 51.3. The number of fused-ring (bicyclic) bond motifs is 6. The number of nitrogens with zero attached hydrogens (tertiary/aromatic N) is 4. The molecule has 0 atom stereocenters. The topological polar surface area (TPSA) is 70.0 Å². The Morgan fingerprint density at radius 1 is 0.434 bits per heavy atom. The van der Waals surface area contributed by atoms with Crippen LogP contribution in [-0.4, -0.2) is 19.9 Å². The Labute approximate surface area is 307 Å². The van der Waals surface area contributed by atoms with Crippen molar-refractivity contribution in [1.82, 2.24) is 19.9 Å². The summed E-state index contributed by atoms with van der Waals surface area (Å²) in [5.74, 6) is 4.70. The van der Waals surface area contributed by atoms with Crippen molar-refractivity contribution in [2.24, 2.45) is 0 Å². The van der Waals surface area contributed by atoms with E-state index in [4.69, 9.17) is 24.4 Å². The van der Waals surface area contributed by atoms with Gasteiger partial charge in [-0.25, -0.2) is 15.0 Å². The van der Waals surface area contributed by atoms with E-state index in [0.29, 0.717) is 29.0 Å². The van der Waals surface area contributed by atoms with Crippen LogP contribution in [0.4, 0.5) is 0 Å². The van der Waals surface area contributed by atoms with E-state index in [1.165, 1.54) is 16.7 Å². The zero-order valence-electron chi connectivity index (χ0n) is 29.1. The molecule has 2 aromatic heterocycles. The SMILES string of the molecule is CC1(C)c2ccccc2-c2c1ccc1c2Oc2cc(-c3ccc(-c4nc(-c5ccccc5)nc(-c5cccc(-c6ccccn6)c5)n4)cc3)ccc2O1. The van der Waals surface area contributed by atoms with E-state index >= 15 is 0 Å². The summed E-state index contributed by atoms with van der Waals surface area (Å²) in [5, 5.41) is 0. The van der Waals surface area contributed by atoms with E-state index in [-0.39, 0.29) is 5.41 Å². The molecule has 0 N–H and O–H groups in total. The van der Waals surface area contributed by atoms with Gasteiger partial charge in [0.15, 0.2) is 40.5 Å². The molecular formula is C47H32N4O2. The number of rotatable bonds is 5. The summed E-state index contributed by atoms with van der Waals surface area (Å²) in [6.45, 7) is 4.54. The van der Waals surface area contributed by atoms with Crippen LogP contribution in [0.1, 0.15) is 25.0 Å². The molecule has 0 amide bonds. The van der Waals surface area contributed by atoms with Crippen molar-refractivity contribution in [3.63, 3.8) is 0 Å². The maximum Gasteiger partial charge on any atom is 0.178 e. The van der Waals surface area contributed by atoms with Gasteiger partial charge in [0.1, 0.15) is 0 Å². The number of aromatic nitrogens is 4. The van der Waals surface area contributed by atoms with Crippen LogP contribution in [0.3, 0.4) is 0 Å². The highest BCUT2D eigenvalue weighted by molar-refractivity contribution is 5.88. The predicted octanol–water partition coefficient (Wildman–Crippen LogP) is 11.8. The lowest BCUT2D eigenvalue weighted by molar-refractivity contribution is 0.360. The molecule has 6 nitrogen and oxygen atoms in total. The summed E-state index contributed by atoms with van der Waals surface area (Å²) in [6.07, 6.45) is 1.80. The first kappa shape index (κ1) is 30.9. The van der Waals surface area contributed by atoms with Gasteiger partial charge in [-0.1, -0.05) is 129 Å². The monoisotopic (exact) mass is 684 g/mol. The molecule has 1 aliphatic heterocycles. The van der Waals surface area contributed by atoms with E-state index < -0.39 is 0 Å². The lowest BCUT2D eigenvalue weighted by Gasteiger charge is -2.25. The van der Waals surface area contributed by atoms with Gasteiger partial charge in [0.05, 0.1) is 5.69 Å². The van der Waals surface area contributed by atoms with Gasteiger partial charge in [-0.3, -0.25) is 4.98 Å². The molecule has 6 heteroatoms. The second kappa shape index (κ2) is 12.1. The molecule has 0 unspecified atom stereocenters. The molecule has 252 valence electrons. The van der Waals surface area contributed by atoms with E-state index in [2.05, 4.69) is 91.6 Å². The van der Waals surface area contributed by atoms with Gasteiger partial charge in [0.25, 0.3) is 0 Å². The van der Waals surface area contributed by atoms with Gasteiger partial charge in [0, 0.05) is 39.4 Å². The maximum absolute atomic E-state index is 6.72. The Morgan fingerprint density at radius 2 is 1.08 bits per heavy atom. The van der Waals surface area contributed by atoms with Crippen molar-refractivity contribution < 1.29 is 9.47 Å². The summed E-state index contributed by atoms with van der Waals surface area (Å²) < 4.78 is 13.1. The van der Waals surface area contributed by atoms with Gasteiger partial charge in [-0.2, -0.15) is 0 Å². The second-order valence-corrected chi connectivity index (χ2v) is 13.9. The Balaban J connectivity index is 0.995. The van der Waals surface area contributed by atoms with Gasteiger partial charge < -0.3 is 9.47 Å². The van der Waals surface area contributed by atoms with Gasteiger partial charge >= 0.3 is 0 Å². The molecule has 8 aromatic rings. The lowest BCUT2D eigenvalue weighted by atomic mass is 9.82. The molecule has 0 fully saturated rings. The van der Waals surface area contributed by atoms with E-state index in [1.807, 2.05) is 78.9 Å². The highest BCUT2D eigenvalue weighted by atomic mass is 16.6. The van der Waals surface area contributed by atoms with Crippen molar-refractivity contribution in [1.29, 1.82) is 0 Å². The fraction of sp³-hybridized carbons (Fsp3) is 0.0638. The van der Waals surface area contributed by atoms with Crippen LogP contribution in [0.15, 0.2) is 158 Å². The van der Waals surface area contributed by atoms with Crippen molar-refractivity contribution in [3.8, 4) is 90.7 Å². The Hall–Kier alpha value is -6.92. The average molecular weight is 685 g/mol. The molecule has 0 saturated carbocycles. The van der Waals surface area contributed by atoms with E-state index in [0.717, 1.165) is 56.1 Å². The fourth-order valence-corrected chi connectivity index (χ4v) is 7.52. The Kier molecular flexibility index (Phi) is 7.05. The van der Waals surface area contributed by atoms with Crippen molar-refractivity contribution >= 4 is 0 Å². The van der Waals surface area contributed by atoms with Crippen LogP contribution >= 0.6 is 0 Å². The molecule has 0 bridgehead atoms. The number of hydrogen-bond acceptors (Lipinski definition) is 6. The molecule has 2 aliphatic rings. The summed E-state index contributed by atoms with van der Waals surface area (Å²) >= 11 is 0. The smallest absolute Gasteiger partial charge is 0.178 e. The summed E-state index contributed by atoms with van der Waals surface area (Å²) in [7, 11) is 0. The highest BCUT2D eigenvalue weighted by Crippen LogP contribution is 2.58. The fourth-order valence-electron chi connectivity index (χ4n) is 7.52. The zero-order valence-corrected chi connectivity index (χ0v) is 29.1. The highest BCUT2D eigenvalue weighted by Gasteiger charge is 2.39. The summed E-state index contributed by atoms with van der Waals surface area (Å²) in [5.41, 5.74) is 11.4. The van der Waals surface area contributed by atoms with Crippen molar-refractivity contribution in [2.75, 3.05) is 0 Å². The number of hydrogen-bond donors (Lipinski definition) is 0. The van der Waals surface area contributed by atoms with Crippen molar-refractivity contribution in [2.45, 2.75) is 19.3 Å². The third-order valence-electron chi connectivity index (χ3n) is 10.3. The second-order valence-electron chi connectivity index (χ2n) is 13.9. The average Bonchev–Trinajstić information content (AvgIpc) is 3.46. The molecule has 1 aliphatic carbocycles. The predicted molar refractivity (Wildman–Crippen MR) is 209 cm³/mol. The first-order valence-electron chi connectivity index (χ1n) is 17.7. The molecule has 3 heterocycles. The van der Waals surface area contributed by atoms with E-state index in [1.54, 1.807) is 6.20 Å². The van der Waals surface area contributed by atoms with Crippen LogP contribution in [0.2, 0.25) is 0 Å². The molecule has 0 saturated heterocycles. The molecule has 53 heavy (non-hydrogen) atoms.